The number of sulfone groups is 1. The van der Waals surface area contributed by atoms with Gasteiger partial charge in [-0.2, -0.15) is 0 Å². The van der Waals surface area contributed by atoms with Gasteiger partial charge in [0.25, 0.3) is 0 Å². The van der Waals surface area contributed by atoms with E-state index in [1.165, 1.54) is 0 Å². The number of rotatable bonds is 5. The van der Waals surface area contributed by atoms with Gasteiger partial charge in [0, 0.05) is 6.42 Å². The van der Waals surface area contributed by atoms with Gasteiger partial charge in [0.05, 0.1) is 24.2 Å². The summed E-state index contributed by atoms with van der Waals surface area (Å²) in [6, 6.07) is 0.0923. The first-order valence-corrected chi connectivity index (χ1v) is 8.21. The molecule has 0 aromatic carbocycles. The van der Waals surface area contributed by atoms with E-state index in [1.54, 1.807) is 0 Å². The quantitative estimate of drug-likeness (QED) is 0.803. The van der Waals surface area contributed by atoms with Crippen LogP contribution >= 0.6 is 0 Å². The zero-order valence-electron chi connectivity index (χ0n) is 10.3. The van der Waals surface area contributed by atoms with Gasteiger partial charge in [-0.25, -0.2) is 8.42 Å². The molecule has 1 fully saturated rings. The van der Waals surface area contributed by atoms with Crippen LogP contribution in [0.25, 0.3) is 0 Å². The predicted molar refractivity (Wildman–Crippen MR) is 67.5 cm³/mol. The molecule has 2 heterocycles. The van der Waals surface area contributed by atoms with Gasteiger partial charge in [-0.1, -0.05) is 6.92 Å². The van der Waals surface area contributed by atoms with Gasteiger partial charge in [0.15, 0.2) is 9.84 Å². The highest BCUT2D eigenvalue weighted by atomic mass is 32.2. The van der Waals surface area contributed by atoms with Gasteiger partial charge in [-0.15, -0.1) is 0 Å². The minimum atomic E-state index is -2.82. The van der Waals surface area contributed by atoms with Crippen molar-refractivity contribution < 1.29 is 13.2 Å². The first-order chi connectivity index (χ1) is 8.12. The van der Waals surface area contributed by atoms with E-state index >= 15 is 0 Å². The molecule has 2 atom stereocenters. The van der Waals surface area contributed by atoms with Crippen LogP contribution in [0.5, 0.6) is 0 Å². The van der Waals surface area contributed by atoms with Crippen molar-refractivity contribution in [1.29, 1.82) is 0 Å². The second-order valence-electron chi connectivity index (χ2n) is 4.84. The predicted octanol–water partition coefficient (Wildman–Crippen LogP) is 1.09. The van der Waals surface area contributed by atoms with Crippen LogP contribution in [-0.4, -0.2) is 39.1 Å². The average Bonchev–Trinajstić information content (AvgIpc) is 2.89. The maximum absolute atomic E-state index is 11.5. The average molecular weight is 259 g/mol. The van der Waals surface area contributed by atoms with Gasteiger partial charge >= 0.3 is 0 Å². The van der Waals surface area contributed by atoms with Crippen LogP contribution in [0.2, 0.25) is 0 Å². The molecule has 4 nitrogen and oxygen atoms in total. The molecule has 98 valence electrons. The third-order valence-electron chi connectivity index (χ3n) is 3.39. The van der Waals surface area contributed by atoms with E-state index in [1.807, 2.05) is 0 Å². The SMILES string of the molecule is CCCNC(C1=CCCO1)C1CCS(=O)(=O)C1. The molecule has 0 aromatic heterocycles. The zero-order chi connectivity index (χ0) is 12.3. The van der Waals surface area contributed by atoms with Crippen LogP contribution in [0.15, 0.2) is 11.8 Å². The Morgan fingerprint density at radius 2 is 2.41 bits per heavy atom. The summed E-state index contributed by atoms with van der Waals surface area (Å²) in [6.07, 6.45) is 4.84. The molecule has 2 unspecified atom stereocenters. The highest BCUT2D eigenvalue weighted by Gasteiger charge is 2.36. The summed E-state index contributed by atoms with van der Waals surface area (Å²) in [5, 5.41) is 3.43. The van der Waals surface area contributed by atoms with Crippen LogP contribution in [0.3, 0.4) is 0 Å². The summed E-state index contributed by atoms with van der Waals surface area (Å²) in [6.45, 7) is 3.75. The fraction of sp³-hybridized carbons (Fsp3) is 0.833. The van der Waals surface area contributed by atoms with Crippen molar-refractivity contribution in [3.05, 3.63) is 11.8 Å². The molecule has 0 amide bonds. The molecule has 0 spiro atoms. The van der Waals surface area contributed by atoms with E-state index in [2.05, 4.69) is 18.3 Å². The van der Waals surface area contributed by atoms with Crippen molar-refractivity contribution in [3.8, 4) is 0 Å². The molecule has 2 aliphatic heterocycles. The van der Waals surface area contributed by atoms with Crippen LogP contribution in [0, 0.1) is 5.92 Å². The van der Waals surface area contributed by atoms with E-state index < -0.39 is 9.84 Å². The Hall–Kier alpha value is -0.550. The molecule has 0 radical (unpaired) electrons. The van der Waals surface area contributed by atoms with Crippen molar-refractivity contribution in [2.24, 2.45) is 5.92 Å². The Kier molecular flexibility index (Phi) is 4.09. The van der Waals surface area contributed by atoms with Crippen molar-refractivity contribution in [2.45, 2.75) is 32.2 Å². The molecular formula is C12H21NO3S. The molecule has 1 N–H and O–H groups in total. The van der Waals surface area contributed by atoms with E-state index in [-0.39, 0.29) is 12.0 Å². The first kappa shape index (κ1) is 12.9. The van der Waals surface area contributed by atoms with Gasteiger partial charge in [-0.3, -0.25) is 0 Å². The monoisotopic (exact) mass is 259 g/mol. The first-order valence-electron chi connectivity index (χ1n) is 6.39. The van der Waals surface area contributed by atoms with Crippen LogP contribution in [-0.2, 0) is 14.6 Å². The molecule has 1 saturated heterocycles. The van der Waals surface area contributed by atoms with Gasteiger partial charge < -0.3 is 10.1 Å². The lowest BCUT2D eigenvalue weighted by atomic mass is 9.97. The third kappa shape index (κ3) is 3.22. The second-order valence-corrected chi connectivity index (χ2v) is 7.07. The van der Waals surface area contributed by atoms with Crippen molar-refractivity contribution >= 4 is 9.84 Å². The van der Waals surface area contributed by atoms with E-state index in [4.69, 9.17) is 4.74 Å². The van der Waals surface area contributed by atoms with E-state index in [0.717, 1.165) is 38.2 Å². The van der Waals surface area contributed by atoms with Crippen LogP contribution in [0.4, 0.5) is 0 Å². The Labute approximate surface area is 103 Å². The topological polar surface area (TPSA) is 55.4 Å². The normalized spacial score (nSPS) is 28.8. The molecule has 0 aromatic rings. The third-order valence-corrected chi connectivity index (χ3v) is 5.19. The Morgan fingerprint density at radius 1 is 1.59 bits per heavy atom. The number of hydrogen-bond donors (Lipinski definition) is 1. The Morgan fingerprint density at radius 3 is 2.94 bits per heavy atom. The Bertz CT molecular complexity index is 389. The standard InChI is InChI=1S/C12H21NO3S/c1-2-6-13-12(11-4-3-7-16-11)10-5-8-17(14,15)9-10/h4,10,12-13H,2-3,5-9H2,1H3. The summed E-state index contributed by atoms with van der Waals surface area (Å²) in [7, 11) is -2.82. The molecule has 2 aliphatic rings. The largest absolute Gasteiger partial charge is 0.496 e. The van der Waals surface area contributed by atoms with Gasteiger partial charge in [0.1, 0.15) is 5.76 Å². The maximum atomic E-state index is 11.5. The molecule has 5 heteroatoms. The zero-order valence-corrected chi connectivity index (χ0v) is 11.1. The minimum Gasteiger partial charge on any atom is -0.496 e. The summed E-state index contributed by atoms with van der Waals surface area (Å²) in [5.74, 6) is 1.76. The van der Waals surface area contributed by atoms with Crippen molar-refractivity contribution in [2.75, 3.05) is 24.7 Å². The lowest BCUT2D eigenvalue weighted by Gasteiger charge is -2.24. The minimum absolute atomic E-state index is 0.0923. The summed E-state index contributed by atoms with van der Waals surface area (Å²) in [5.41, 5.74) is 0. The smallest absolute Gasteiger partial charge is 0.150 e. The van der Waals surface area contributed by atoms with Crippen LogP contribution in [0.1, 0.15) is 26.2 Å². The molecule has 0 aliphatic carbocycles. The summed E-state index contributed by atoms with van der Waals surface area (Å²) >= 11 is 0. The van der Waals surface area contributed by atoms with Gasteiger partial charge in [0.2, 0.25) is 0 Å². The molecule has 0 bridgehead atoms. The highest BCUT2D eigenvalue weighted by molar-refractivity contribution is 7.91. The summed E-state index contributed by atoms with van der Waals surface area (Å²) in [4.78, 5) is 0. The molecular weight excluding hydrogens is 238 g/mol. The van der Waals surface area contributed by atoms with E-state index in [0.29, 0.717) is 11.5 Å². The Balaban J connectivity index is 2.05. The van der Waals surface area contributed by atoms with E-state index in [9.17, 15) is 8.42 Å². The molecule has 17 heavy (non-hydrogen) atoms. The number of ether oxygens (including phenoxy) is 1. The van der Waals surface area contributed by atoms with Crippen molar-refractivity contribution in [1.82, 2.24) is 5.32 Å². The molecule has 0 saturated carbocycles. The highest BCUT2D eigenvalue weighted by Crippen LogP contribution is 2.28. The second kappa shape index (κ2) is 5.40. The number of hydrogen-bond acceptors (Lipinski definition) is 4. The lowest BCUT2D eigenvalue weighted by molar-refractivity contribution is 0.197. The summed E-state index contributed by atoms with van der Waals surface area (Å²) < 4.78 is 28.7. The maximum Gasteiger partial charge on any atom is 0.150 e. The fourth-order valence-corrected chi connectivity index (χ4v) is 4.38. The van der Waals surface area contributed by atoms with Gasteiger partial charge in [-0.05, 0) is 31.4 Å². The van der Waals surface area contributed by atoms with Crippen molar-refractivity contribution in [3.63, 3.8) is 0 Å². The molecule has 2 rings (SSSR count). The number of nitrogens with one attached hydrogen (secondary N) is 1. The lowest BCUT2D eigenvalue weighted by Crippen LogP contribution is -2.39. The fourth-order valence-electron chi connectivity index (χ4n) is 2.54. The van der Waals surface area contributed by atoms with Crippen LogP contribution < -0.4 is 5.32 Å².